The number of hydrogen-bond donors (Lipinski definition) is 1. The van der Waals surface area contributed by atoms with E-state index in [1.165, 1.54) is 12.3 Å². The van der Waals surface area contributed by atoms with Crippen LogP contribution in [-0.4, -0.2) is 16.9 Å². The summed E-state index contributed by atoms with van der Waals surface area (Å²) in [5, 5.41) is 2.87. The number of pyridine rings is 1. The molecule has 17 heavy (non-hydrogen) atoms. The maximum Gasteiger partial charge on any atom is 0.256 e. The minimum atomic E-state index is -0.721. The van der Waals surface area contributed by atoms with Gasteiger partial charge in [0.1, 0.15) is 0 Å². The predicted molar refractivity (Wildman–Crippen MR) is 63.0 cm³/mol. The lowest BCUT2D eigenvalue weighted by Gasteiger charge is -2.06. The van der Waals surface area contributed by atoms with E-state index in [1.54, 1.807) is 6.07 Å². The predicted octanol–water partition coefficient (Wildman–Crippen LogP) is 2.39. The van der Waals surface area contributed by atoms with Crippen LogP contribution in [0, 0.1) is 16.8 Å². The van der Waals surface area contributed by atoms with Gasteiger partial charge in [-0.25, -0.2) is 4.98 Å². The SMILES string of the molecule is CC1(C)C(NC(=O)c2cccnc2F)C1(C)C. The van der Waals surface area contributed by atoms with Crippen molar-refractivity contribution < 1.29 is 9.18 Å². The number of rotatable bonds is 2. The number of hydrogen-bond acceptors (Lipinski definition) is 2. The first kappa shape index (κ1) is 12.0. The van der Waals surface area contributed by atoms with E-state index in [0.29, 0.717) is 0 Å². The van der Waals surface area contributed by atoms with Crippen molar-refractivity contribution in [2.45, 2.75) is 33.7 Å². The molecule has 0 radical (unpaired) electrons. The maximum absolute atomic E-state index is 13.3. The summed E-state index contributed by atoms with van der Waals surface area (Å²) in [4.78, 5) is 15.4. The van der Waals surface area contributed by atoms with Crippen LogP contribution in [0.25, 0.3) is 0 Å². The zero-order chi connectivity index (χ0) is 12.8. The van der Waals surface area contributed by atoms with E-state index in [4.69, 9.17) is 0 Å². The molecular formula is C13H17FN2O. The average Bonchev–Trinajstić information content (AvgIpc) is 2.61. The van der Waals surface area contributed by atoms with Crippen LogP contribution in [0.15, 0.2) is 18.3 Å². The summed E-state index contributed by atoms with van der Waals surface area (Å²) in [5.41, 5.74) is 0.0916. The normalized spacial score (nSPS) is 21.0. The Hall–Kier alpha value is -1.45. The molecule has 1 amide bonds. The molecule has 1 aliphatic rings. The van der Waals surface area contributed by atoms with Gasteiger partial charge < -0.3 is 5.32 Å². The largest absolute Gasteiger partial charge is 0.348 e. The number of nitrogens with one attached hydrogen (secondary N) is 1. The lowest BCUT2D eigenvalue weighted by Crippen LogP contribution is -2.30. The molecule has 1 N–H and O–H groups in total. The van der Waals surface area contributed by atoms with Crippen LogP contribution in [0.1, 0.15) is 38.1 Å². The van der Waals surface area contributed by atoms with E-state index < -0.39 is 5.95 Å². The molecule has 92 valence electrons. The van der Waals surface area contributed by atoms with Crippen LogP contribution in [0.3, 0.4) is 0 Å². The minimum absolute atomic E-state index is 0.00556. The number of amides is 1. The molecule has 0 aliphatic heterocycles. The van der Waals surface area contributed by atoms with Gasteiger partial charge in [-0.15, -0.1) is 0 Å². The van der Waals surface area contributed by atoms with E-state index in [2.05, 4.69) is 38.0 Å². The van der Waals surface area contributed by atoms with Gasteiger partial charge in [-0.1, -0.05) is 27.7 Å². The molecule has 0 atom stereocenters. The van der Waals surface area contributed by atoms with Gasteiger partial charge >= 0.3 is 0 Å². The van der Waals surface area contributed by atoms with Gasteiger partial charge in [0.15, 0.2) is 0 Å². The van der Waals surface area contributed by atoms with Gasteiger partial charge in [0.05, 0.1) is 5.56 Å². The van der Waals surface area contributed by atoms with Gasteiger partial charge in [-0.05, 0) is 23.0 Å². The Morgan fingerprint density at radius 2 is 1.94 bits per heavy atom. The minimum Gasteiger partial charge on any atom is -0.348 e. The van der Waals surface area contributed by atoms with E-state index in [1.807, 2.05) is 0 Å². The zero-order valence-electron chi connectivity index (χ0n) is 10.5. The first-order valence-electron chi connectivity index (χ1n) is 5.70. The lowest BCUT2D eigenvalue weighted by atomic mass is 10.0. The molecule has 1 heterocycles. The summed E-state index contributed by atoms with van der Waals surface area (Å²) in [6, 6.07) is 3.07. The van der Waals surface area contributed by atoms with E-state index in [9.17, 15) is 9.18 Å². The second kappa shape index (κ2) is 3.52. The molecule has 0 spiro atoms. The molecule has 1 saturated carbocycles. The Bertz CT molecular complexity index is 454. The van der Waals surface area contributed by atoms with Crippen molar-refractivity contribution >= 4 is 5.91 Å². The van der Waals surface area contributed by atoms with Crippen molar-refractivity contribution in [3.05, 3.63) is 29.8 Å². The molecule has 1 fully saturated rings. The summed E-state index contributed by atoms with van der Waals surface area (Å²) in [6.07, 6.45) is 1.33. The Kier molecular flexibility index (Phi) is 2.49. The van der Waals surface area contributed by atoms with E-state index >= 15 is 0 Å². The van der Waals surface area contributed by atoms with Crippen molar-refractivity contribution in [1.82, 2.24) is 10.3 Å². The molecule has 1 aromatic heterocycles. The van der Waals surface area contributed by atoms with E-state index in [-0.39, 0.29) is 28.3 Å². The van der Waals surface area contributed by atoms with Crippen molar-refractivity contribution in [2.75, 3.05) is 0 Å². The number of carbonyl (C=O) groups excluding carboxylic acids is 1. The molecule has 1 aliphatic carbocycles. The Balaban J connectivity index is 2.13. The number of aromatic nitrogens is 1. The molecule has 4 heteroatoms. The molecule has 1 aromatic rings. The van der Waals surface area contributed by atoms with Crippen LogP contribution in [0.4, 0.5) is 4.39 Å². The fraction of sp³-hybridized carbons (Fsp3) is 0.538. The monoisotopic (exact) mass is 236 g/mol. The fourth-order valence-corrected chi connectivity index (χ4v) is 2.32. The highest BCUT2D eigenvalue weighted by Crippen LogP contribution is 2.62. The van der Waals surface area contributed by atoms with Crippen LogP contribution >= 0.6 is 0 Å². The topological polar surface area (TPSA) is 42.0 Å². The van der Waals surface area contributed by atoms with Crippen LogP contribution in [-0.2, 0) is 0 Å². The van der Waals surface area contributed by atoms with Gasteiger partial charge in [-0.3, -0.25) is 4.79 Å². The summed E-state index contributed by atoms with van der Waals surface area (Å²) in [5.74, 6) is -1.11. The molecule has 0 bridgehead atoms. The summed E-state index contributed by atoms with van der Waals surface area (Å²) in [7, 11) is 0. The van der Waals surface area contributed by atoms with Gasteiger partial charge in [0.2, 0.25) is 5.95 Å². The number of carbonyl (C=O) groups is 1. The summed E-state index contributed by atoms with van der Waals surface area (Å²) < 4.78 is 13.3. The quantitative estimate of drug-likeness (QED) is 0.801. The van der Waals surface area contributed by atoms with Crippen molar-refractivity contribution in [2.24, 2.45) is 10.8 Å². The molecule has 0 saturated heterocycles. The van der Waals surface area contributed by atoms with Crippen molar-refractivity contribution in [3.63, 3.8) is 0 Å². The zero-order valence-corrected chi connectivity index (χ0v) is 10.5. The summed E-state index contributed by atoms with van der Waals surface area (Å²) in [6.45, 7) is 8.38. The Morgan fingerprint density at radius 3 is 2.41 bits per heavy atom. The highest BCUT2D eigenvalue weighted by molar-refractivity contribution is 5.94. The fourth-order valence-electron chi connectivity index (χ4n) is 2.32. The number of halogens is 1. The number of nitrogens with zero attached hydrogens (tertiary/aromatic N) is 1. The lowest BCUT2D eigenvalue weighted by molar-refractivity contribution is 0.0938. The van der Waals surface area contributed by atoms with Crippen LogP contribution < -0.4 is 5.32 Å². The summed E-state index contributed by atoms with van der Waals surface area (Å²) >= 11 is 0. The molecule has 3 nitrogen and oxygen atoms in total. The third-order valence-corrected chi connectivity index (χ3v) is 4.30. The first-order valence-corrected chi connectivity index (χ1v) is 5.70. The highest BCUT2D eigenvalue weighted by atomic mass is 19.1. The van der Waals surface area contributed by atoms with Gasteiger partial charge in [0.25, 0.3) is 5.91 Å². The highest BCUT2D eigenvalue weighted by Gasteiger charge is 2.65. The van der Waals surface area contributed by atoms with Crippen LogP contribution in [0.2, 0.25) is 0 Å². The second-order valence-electron chi connectivity index (χ2n) is 5.69. The van der Waals surface area contributed by atoms with E-state index in [0.717, 1.165) is 0 Å². The van der Waals surface area contributed by atoms with Crippen molar-refractivity contribution in [3.8, 4) is 0 Å². The van der Waals surface area contributed by atoms with Gasteiger partial charge in [-0.2, -0.15) is 4.39 Å². The van der Waals surface area contributed by atoms with Crippen LogP contribution in [0.5, 0.6) is 0 Å². The molecular weight excluding hydrogens is 219 g/mol. The molecule has 2 rings (SSSR count). The third-order valence-electron chi connectivity index (χ3n) is 4.30. The third kappa shape index (κ3) is 1.72. The average molecular weight is 236 g/mol. The first-order chi connectivity index (χ1) is 7.78. The maximum atomic E-state index is 13.3. The Labute approximate surface area is 100 Å². The Morgan fingerprint density at radius 1 is 1.35 bits per heavy atom. The second-order valence-corrected chi connectivity index (χ2v) is 5.69. The smallest absolute Gasteiger partial charge is 0.256 e. The standard InChI is InChI=1S/C13H17FN2O/c1-12(2)11(13(12,3)4)16-10(17)8-6-5-7-15-9(8)14/h5-7,11H,1-4H3,(H,16,17). The molecule has 0 aromatic carbocycles. The molecule has 0 unspecified atom stereocenters. The van der Waals surface area contributed by atoms with Gasteiger partial charge in [0, 0.05) is 12.2 Å². The van der Waals surface area contributed by atoms with Crippen molar-refractivity contribution in [1.29, 1.82) is 0 Å².